The molecule has 2 heterocycles. The van der Waals surface area contributed by atoms with E-state index in [1.165, 1.54) is 12.5 Å². The van der Waals surface area contributed by atoms with Crippen molar-refractivity contribution in [2.45, 2.75) is 6.92 Å². The standard InChI is InChI=1S/C24H19N3O5/c1-15-6-11-18(19(14-15)27-24(30)21-5-3-13-32-21)26-22(28)16-7-9-17(10-8-16)25-23(29)20-4-2-12-31-20/h2-14H,1H3,(H,25,29)(H,26,28)(H,27,30). The first-order chi connectivity index (χ1) is 15.5. The van der Waals surface area contributed by atoms with Crippen LogP contribution >= 0.6 is 0 Å². The molecule has 0 saturated heterocycles. The molecule has 32 heavy (non-hydrogen) atoms. The van der Waals surface area contributed by atoms with Gasteiger partial charge < -0.3 is 24.8 Å². The molecule has 3 amide bonds. The van der Waals surface area contributed by atoms with Crippen LogP contribution in [0.4, 0.5) is 17.1 Å². The predicted molar refractivity (Wildman–Crippen MR) is 119 cm³/mol. The number of carbonyl (C=O) groups excluding carboxylic acids is 3. The Labute approximate surface area is 183 Å². The van der Waals surface area contributed by atoms with Crippen LogP contribution in [-0.4, -0.2) is 17.7 Å². The van der Waals surface area contributed by atoms with E-state index in [2.05, 4.69) is 16.0 Å². The highest BCUT2D eigenvalue weighted by molar-refractivity contribution is 6.09. The molecule has 2 aromatic carbocycles. The zero-order valence-electron chi connectivity index (χ0n) is 17.0. The minimum atomic E-state index is -0.423. The third kappa shape index (κ3) is 4.76. The lowest BCUT2D eigenvalue weighted by atomic mass is 10.1. The van der Waals surface area contributed by atoms with E-state index in [9.17, 15) is 14.4 Å². The molecule has 8 nitrogen and oxygen atoms in total. The van der Waals surface area contributed by atoms with Gasteiger partial charge in [-0.1, -0.05) is 6.07 Å². The van der Waals surface area contributed by atoms with Gasteiger partial charge in [-0.25, -0.2) is 0 Å². The third-order valence-electron chi connectivity index (χ3n) is 4.57. The first-order valence-corrected chi connectivity index (χ1v) is 9.71. The highest BCUT2D eigenvalue weighted by Crippen LogP contribution is 2.25. The topological polar surface area (TPSA) is 114 Å². The quantitative estimate of drug-likeness (QED) is 0.402. The van der Waals surface area contributed by atoms with E-state index in [1.54, 1.807) is 60.7 Å². The van der Waals surface area contributed by atoms with Crippen LogP contribution in [0.25, 0.3) is 0 Å². The molecule has 0 aliphatic rings. The van der Waals surface area contributed by atoms with Gasteiger partial charge in [0.05, 0.1) is 23.9 Å². The van der Waals surface area contributed by atoms with Gasteiger partial charge in [-0.15, -0.1) is 0 Å². The summed E-state index contributed by atoms with van der Waals surface area (Å²) >= 11 is 0. The van der Waals surface area contributed by atoms with Crippen LogP contribution in [0.2, 0.25) is 0 Å². The van der Waals surface area contributed by atoms with E-state index in [4.69, 9.17) is 8.83 Å². The number of furan rings is 2. The predicted octanol–water partition coefficient (Wildman–Crippen LogP) is 4.94. The number of benzene rings is 2. The second-order valence-corrected chi connectivity index (χ2v) is 6.94. The van der Waals surface area contributed by atoms with Crippen LogP contribution < -0.4 is 16.0 Å². The number of aryl methyl sites for hydroxylation is 1. The molecular weight excluding hydrogens is 410 g/mol. The maximum absolute atomic E-state index is 12.7. The Balaban J connectivity index is 1.45. The highest BCUT2D eigenvalue weighted by atomic mass is 16.3. The minimum Gasteiger partial charge on any atom is -0.459 e. The molecule has 4 aromatic rings. The SMILES string of the molecule is Cc1ccc(NC(=O)c2ccc(NC(=O)c3ccco3)cc2)c(NC(=O)c2ccco2)c1. The van der Waals surface area contributed by atoms with E-state index in [1.807, 2.05) is 13.0 Å². The summed E-state index contributed by atoms with van der Waals surface area (Å²) in [6.45, 7) is 1.88. The average molecular weight is 429 g/mol. The Morgan fingerprint density at radius 1 is 0.656 bits per heavy atom. The molecule has 3 N–H and O–H groups in total. The summed E-state index contributed by atoms with van der Waals surface area (Å²) < 4.78 is 10.2. The van der Waals surface area contributed by atoms with Crippen LogP contribution in [0, 0.1) is 6.92 Å². The molecule has 0 aliphatic heterocycles. The van der Waals surface area contributed by atoms with Crippen molar-refractivity contribution in [3.63, 3.8) is 0 Å². The van der Waals surface area contributed by atoms with E-state index in [0.717, 1.165) is 5.56 Å². The van der Waals surface area contributed by atoms with Crippen LogP contribution in [0.5, 0.6) is 0 Å². The van der Waals surface area contributed by atoms with Crippen LogP contribution in [-0.2, 0) is 0 Å². The number of hydrogen-bond acceptors (Lipinski definition) is 5. The number of amides is 3. The van der Waals surface area contributed by atoms with Crippen molar-refractivity contribution < 1.29 is 23.2 Å². The molecule has 160 valence electrons. The maximum Gasteiger partial charge on any atom is 0.291 e. The Bertz CT molecular complexity index is 1240. The molecule has 2 aromatic heterocycles. The molecule has 8 heteroatoms. The molecule has 0 aliphatic carbocycles. The molecule has 0 saturated carbocycles. The highest BCUT2D eigenvalue weighted by Gasteiger charge is 2.15. The molecular formula is C24H19N3O5. The number of rotatable bonds is 6. The van der Waals surface area contributed by atoms with Crippen molar-refractivity contribution in [1.29, 1.82) is 0 Å². The van der Waals surface area contributed by atoms with Crippen LogP contribution in [0.3, 0.4) is 0 Å². The first-order valence-electron chi connectivity index (χ1n) is 9.71. The first kappa shape index (κ1) is 20.7. The Morgan fingerprint density at radius 2 is 1.25 bits per heavy atom. The fraction of sp³-hybridized carbons (Fsp3) is 0.0417. The Morgan fingerprint density at radius 3 is 1.84 bits per heavy atom. The molecule has 0 unspecified atom stereocenters. The second kappa shape index (κ2) is 9.05. The van der Waals surface area contributed by atoms with Crippen molar-refractivity contribution in [3.8, 4) is 0 Å². The van der Waals surface area contributed by atoms with Crippen LogP contribution in [0.1, 0.15) is 37.0 Å². The van der Waals surface area contributed by atoms with Crippen LogP contribution in [0.15, 0.2) is 88.1 Å². The van der Waals surface area contributed by atoms with Gasteiger partial charge in [-0.3, -0.25) is 14.4 Å². The second-order valence-electron chi connectivity index (χ2n) is 6.94. The molecule has 4 rings (SSSR count). The van der Waals surface area contributed by atoms with E-state index in [-0.39, 0.29) is 23.3 Å². The van der Waals surface area contributed by atoms with Gasteiger partial charge in [0, 0.05) is 11.3 Å². The van der Waals surface area contributed by atoms with Crippen molar-refractivity contribution in [3.05, 3.63) is 102 Å². The summed E-state index contributed by atoms with van der Waals surface area (Å²) in [5.74, 6) is -0.825. The summed E-state index contributed by atoms with van der Waals surface area (Å²) in [6.07, 6.45) is 2.83. The fourth-order valence-corrected chi connectivity index (χ4v) is 2.96. The van der Waals surface area contributed by atoms with Gasteiger partial charge in [0.15, 0.2) is 11.5 Å². The number of hydrogen-bond donors (Lipinski definition) is 3. The van der Waals surface area contributed by atoms with Gasteiger partial charge in [-0.2, -0.15) is 0 Å². The van der Waals surface area contributed by atoms with Crippen molar-refractivity contribution in [1.82, 2.24) is 0 Å². The molecule has 0 spiro atoms. The Hall–Kier alpha value is -4.59. The van der Waals surface area contributed by atoms with Crippen molar-refractivity contribution in [2.75, 3.05) is 16.0 Å². The van der Waals surface area contributed by atoms with E-state index in [0.29, 0.717) is 22.6 Å². The third-order valence-corrected chi connectivity index (χ3v) is 4.57. The smallest absolute Gasteiger partial charge is 0.291 e. The Kier molecular flexibility index (Phi) is 5.85. The van der Waals surface area contributed by atoms with Gasteiger partial charge in [0.2, 0.25) is 0 Å². The van der Waals surface area contributed by atoms with Gasteiger partial charge in [-0.05, 0) is 73.2 Å². The zero-order valence-corrected chi connectivity index (χ0v) is 17.0. The average Bonchev–Trinajstić information content (AvgIpc) is 3.50. The zero-order chi connectivity index (χ0) is 22.5. The summed E-state index contributed by atoms with van der Waals surface area (Å²) in [4.78, 5) is 37.1. The number of nitrogens with one attached hydrogen (secondary N) is 3. The van der Waals surface area contributed by atoms with Gasteiger partial charge in [0.25, 0.3) is 17.7 Å². The molecule has 0 atom stereocenters. The van der Waals surface area contributed by atoms with Gasteiger partial charge in [0.1, 0.15) is 0 Å². The summed E-state index contributed by atoms with van der Waals surface area (Å²) in [5.41, 5.74) is 2.70. The molecule has 0 fully saturated rings. The van der Waals surface area contributed by atoms with Gasteiger partial charge >= 0.3 is 0 Å². The number of anilines is 3. The largest absolute Gasteiger partial charge is 0.459 e. The number of carbonyl (C=O) groups is 3. The summed E-state index contributed by atoms with van der Waals surface area (Å²) in [5, 5.41) is 8.24. The van der Waals surface area contributed by atoms with E-state index < -0.39 is 5.91 Å². The lowest BCUT2D eigenvalue weighted by molar-refractivity contribution is 0.0989. The molecule has 0 radical (unpaired) electrons. The summed E-state index contributed by atoms with van der Waals surface area (Å²) in [7, 11) is 0. The normalized spacial score (nSPS) is 10.4. The minimum absolute atomic E-state index is 0.163. The summed E-state index contributed by atoms with van der Waals surface area (Å²) in [6, 6.07) is 18.0. The maximum atomic E-state index is 12.7. The van der Waals surface area contributed by atoms with Crippen molar-refractivity contribution >= 4 is 34.8 Å². The fourth-order valence-electron chi connectivity index (χ4n) is 2.96. The van der Waals surface area contributed by atoms with Crippen molar-refractivity contribution in [2.24, 2.45) is 0 Å². The lowest BCUT2D eigenvalue weighted by Crippen LogP contribution is -2.17. The molecule has 0 bridgehead atoms. The monoisotopic (exact) mass is 429 g/mol. The lowest BCUT2D eigenvalue weighted by Gasteiger charge is -2.13. The van der Waals surface area contributed by atoms with E-state index >= 15 is 0 Å².